The number of aliphatic hydroxyl groups is 1. The van der Waals surface area contributed by atoms with Crippen LogP contribution in [-0.4, -0.2) is 40.5 Å². The van der Waals surface area contributed by atoms with Crippen LogP contribution in [0.5, 0.6) is 5.75 Å². The lowest BCUT2D eigenvalue weighted by Crippen LogP contribution is -2.17. The molecule has 0 bridgehead atoms. The lowest BCUT2D eigenvalue weighted by atomic mass is 10.2. The van der Waals surface area contributed by atoms with Gasteiger partial charge in [-0.3, -0.25) is 10.00 Å². The van der Waals surface area contributed by atoms with Crippen LogP contribution < -0.4 is 4.74 Å². The minimum absolute atomic E-state index is 0.0392. The van der Waals surface area contributed by atoms with Gasteiger partial charge in [-0.05, 0) is 43.7 Å². The fourth-order valence-electron chi connectivity index (χ4n) is 2.56. The van der Waals surface area contributed by atoms with Gasteiger partial charge in [0.15, 0.2) is 0 Å². The largest absolute Gasteiger partial charge is 0.491 e. The third-order valence-electron chi connectivity index (χ3n) is 3.82. The van der Waals surface area contributed by atoms with Gasteiger partial charge in [0.05, 0.1) is 12.3 Å². The molecule has 118 valence electrons. The molecule has 1 heterocycles. The molecule has 1 aliphatic rings. The molecule has 0 spiro atoms. The summed E-state index contributed by atoms with van der Waals surface area (Å²) in [5, 5.41) is 16.3. The number of ether oxygens (including phenoxy) is 1. The number of aromatic amines is 1. The molecular weight excluding hydrogens is 278 g/mol. The van der Waals surface area contributed by atoms with E-state index < -0.39 is 0 Å². The fourth-order valence-corrected chi connectivity index (χ4v) is 2.56. The Morgan fingerprint density at radius 1 is 1.27 bits per heavy atom. The van der Waals surface area contributed by atoms with Gasteiger partial charge in [0, 0.05) is 24.7 Å². The van der Waals surface area contributed by atoms with Crippen LogP contribution in [0.3, 0.4) is 0 Å². The Kier molecular flexibility index (Phi) is 4.75. The van der Waals surface area contributed by atoms with Crippen molar-refractivity contribution in [1.29, 1.82) is 0 Å². The zero-order valence-corrected chi connectivity index (χ0v) is 13.0. The summed E-state index contributed by atoms with van der Waals surface area (Å²) in [7, 11) is 2.10. The second-order valence-electron chi connectivity index (χ2n) is 5.98. The molecule has 0 amide bonds. The molecular formula is C17H23N3O2. The van der Waals surface area contributed by atoms with E-state index in [4.69, 9.17) is 9.84 Å². The Morgan fingerprint density at radius 3 is 2.73 bits per heavy atom. The predicted octanol–water partition coefficient (Wildman–Crippen LogP) is 2.29. The molecule has 1 saturated carbocycles. The number of H-pyrrole nitrogens is 1. The number of benzene rings is 1. The lowest BCUT2D eigenvalue weighted by molar-refractivity contribution is 0.201. The zero-order chi connectivity index (χ0) is 15.4. The van der Waals surface area contributed by atoms with Crippen LogP contribution in [0.1, 0.15) is 35.7 Å². The van der Waals surface area contributed by atoms with Gasteiger partial charge in [0.1, 0.15) is 12.4 Å². The molecule has 1 aromatic carbocycles. The third kappa shape index (κ3) is 4.08. The molecule has 0 radical (unpaired) electrons. The number of nitrogens with one attached hydrogen (secondary N) is 1. The van der Waals surface area contributed by atoms with Crippen molar-refractivity contribution < 1.29 is 9.84 Å². The quantitative estimate of drug-likeness (QED) is 0.785. The number of hydrogen-bond donors (Lipinski definition) is 2. The molecule has 2 N–H and O–H groups in total. The van der Waals surface area contributed by atoms with Crippen molar-refractivity contribution in [3.8, 4) is 5.75 Å². The van der Waals surface area contributed by atoms with Crippen molar-refractivity contribution in [1.82, 2.24) is 15.1 Å². The average Bonchev–Trinajstić information content (AvgIpc) is 3.27. The van der Waals surface area contributed by atoms with Crippen molar-refractivity contribution in [2.45, 2.75) is 31.8 Å². The van der Waals surface area contributed by atoms with Crippen LogP contribution in [0.4, 0.5) is 0 Å². The molecule has 1 fully saturated rings. The van der Waals surface area contributed by atoms with Gasteiger partial charge in [0.25, 0.3) is 0 Å². The maximum atomic E-state index is 8.74. The molecule has 0 aliphatic heterocycles. The molecule has 1 aliphatic carbocycles. The summed E-state index contributed by atoms with van der Waals surface area (Å²) >= 11 is 0. The van der Waals surface area contributed by atoms with Gasteiger partial charge in [-0.1, -0.05) is 12.1 Å². The highest BCUT2D eigenvalue weighted by molar-refractivity contribution is 5.27. The summed E-state index contributed by atoms with van der Waals surface area (Å²) in [5.74, 6) is 1.49. The van der Waals surface area contributed by atoms with Crippen molar-refractivity contribution in [2.24, 2.45) is 0 Å². The molecule has 1 aromatic heterocycles. The lowest BCUT2D eigenvalue weighted by Gasteiger charge is -2.15. The molecule has 0 saturated heterocycles. The van der Waals surface area contributed by atoms with E-state index in [-0.39, 0.29) is 6.61 Å². The summed E-state index contributed by atoms with van der Waals surface area (Å²) < 4.78 is 5.36. The zero-order valence-electron chi connectivity index (χ0n) is 13.0. The van der Waals surface area contributed by atoms with Crippen molar-refractivity contribution in [3.05, 3.63) is 47.3 Å². The van der Waals surface area contributed by atoms with E-state index in [0.717, 1.165) is 18.8 Å². The van der Waals surface area contributed by atoms with Gasteiger partial charge in [-0.25, -0.2) is 0 Å². The van der Waals surface area contributed by atoms with Crippen LogP contribution in [0.15, 0.2) is 30.3 Å². The van der Waals surface area contributed by atoms with Gasteiger partial charge in [-0.2, -0.15) is 5.10 Å². The highest BCUT2D eigenvalue weighted by Crippen LogP contribution is 2.39. The molecule has 0 atom stereocenters. The van der Waals surface area contributed by atoms with E-state index in [1.807, 2.05) is 12.1 Å². The van der Waals surface area contributed by atoms with Crippen molar-refractivity contribution in [2.75, 3.05) is 20.3 Å². The number of aromatic nitrogens is 2. The Balaban J connectivity index is 1.50. The summed E-state index contributed by atoms with van der Waals surface area (Å²) in [6.45, 7) is 2.11. The molecule has 5 nitrogen and oxygen atoms in total. The maximum absolute atomic E-state index is 8.74. The summed E-state index contributed by atoms with van der Waals surface area (Å²) in [6, 6.07) is 10.2. The van der Waals surface area contributed by atoms with Gasteiger partial charge < -0.3 is 9.84 Å². The monoisotopic (exact) mass is 301 g/mol. The topological polar surface area (TPSA) is 61.4 Å². The van der Waals surface area contributed by atoms with Crippen LogP contribution in [0.2, 0.25) is 0 Å². The Morgan fingerprint density at radius 2 is 2.05 bits per heavy atom. The van der Waals surface area contributed by atoms with Crippen LogP contribution in [-0.2, 0) is 13.1 Å². The van der Waals surface area contributed by atoms with Crippen molar-refractivity contribution in [3.63, 3.8) is 0 Å². The Bertz CT molecular complexity index is 590. The highest BCUT2D eigenvalue weighted by Gasteiger charge is 2.26. The molecule has 3 rings (SSSR count). The number of aliphatic hydroxyl groups excluding tert-OH is 1. The van der Waals surface area contributed by atoms with E-state index in [9.17, 15) is 0 Å². The molecule has 5 heteroatoms. The first-order valence-corrected chi connectivity index (χ1v) is 7.80. The van der Waals surface area contributed by atoms with E-state index in [1.165, 1.54) is 29.8 Å². The second kappa shape index (κ2) is 6.94. The van der Waals surface area contributed by atoms with E-state index in [1.54, 1.807) is 0 Å². The van der Waals surface area contributed by atoms with E-state index in [2.05, 4.69) is 40.3 Å². The van der Waals surface area contributed by atoms with Gasteiger partial charge >= 0.3 is 0 Å². The summed E-state index contributed by atoms with van der Waals surface area (Å²) in [6.07, 6.45) is 2.57. The average molecular weight is 301 g/mol. The summed E-state index contributed by atoms with van der Waals surface area (Å²) in [4.78, 5) is 2.26. The van der Waals surface area contributed by atoms with Crippen molar-refractivity contribution >= 4 is 0 Å². The second-order valence-corrected chi connectivity index (χ2v) is 5.98. The first-order valence-electron chi connectivity index (χ1n) is 7.80. The summed E-state index contributed by atoms with van der Waals surface area (Å²) in [5.41, 5.74) is 3.63. The van der Waals surface area contributed by atoms with Gasteiger partial charge in [-0.15, -0.1) is 0 Å². The Labute approximate surface area is 130 Å². The van der Waals surface area contributed by atoms with Crippen LogP contribution in [0, 0.1) is 0 Å². The maximum Gasteiger partial charge on any atom is 0.119 e. The smallest absolute Gasteiger partial charge is 0.119 e. The number of hydrogen-bond acceptors (Lipinski definition) is 4. The van der Waals surface area contributed by atoms with Gasteiger partial charge in [0.2, 0.25) is 0 Å². The minimum atomic E-state index is 0.0392. The fraction of sp³-hybridized carbons (Fsp3) is 0.471. The highest BCUT2D eigenvalue weighted by atomic mass is 16.5. The normalized spacial score (nSPS) is 14.5. The first kappa shape index (κ1) is 15.1. The number of rotatable bonds is 8. The first-order chi connectivity index (χ1) is 10.7. The van der Waals surface area contributed by atoms with E-state index >= 15 is 0 Å². The number of nitrogens with zero attached hydrogens (tertiary/aromatic N) is 2. The minimum Gasteiger partial charge on any atom is -0.491 e. The van der Waals surface area contributed by atoms with Crippen LogP contribution >= 0.6 is 0 Å². The molecule has 22 heavy (non-hydrogen) atoms. The SMILES string of the molecule is CN(Cc1ccc(OCCO)cc1)Cc1cc(C2CC2)n[nH]1. The third-order valence-corrected chi connectivity index (χ3v) is 3.82. The standard InChI is InChI=1S/C17H23N3O2/c1-20(12-15-10-17(19-18-15)14-4-5-14)11-13-2-6-16(7-3-13)22-9-8-21/h2-3,6-7,10,14,21H,4-5,8-9,11-12H2,1H3,(H,18,19). The molecule has 2 aromatic rings. The predicted molar refractivity (Wildman–Crippen MR) is 84.8 cm³/mol. The Hall–Kier alpha value is -1.85. The van der Waals surface area contributed by atoms with E-state index in [0.29, 0.717) is 12.5 Å². The van der Waals surface area contributed by atoms with Crippen LogP contribution in [0.25, 0.3) is 0 Å². The molecule has 0 unspecified atom stereocenters.